The van der Waals surface area contributed by atoms with Crippen molar-refractivity contribution in [3.05, 3.63) is 33.9 Å². The Morgan fingerprint density at radius 2 is 1.65 bits per heavy atom. The lowest BCUT2D eigenvalue weighted by Crippen LogP contribution is -2.28. The maximum atomic E-state index is 12.3. The van der Waals surface area contributed by atoms with Gasteiger partial charge in [0.1, 0.15) is 0 Å². The van der Waals surface area contributed by atoms with Crippen molar-refractivity contribution >= 4 is 5.78 Å². The van der Waals surface area contributed by atoms with Gasteiger partial charge in [-0.05, 0) is 83.1 Å². The first kappa shape index (κ1) is 18.2. The summed E-state index contributed by atoms with van der Waals surface area (Å²) in [7, 11) is 0. The molecule has 0 amide bonds. The fourth-order valence-corrected chi connectivity index (χ4v) is 4.19. The van der Waals surface area contributed by atoms with Gasteiger partial charge in [-0.1, -0.05) is 42.2 Å². The second kappa shape index (κ2) is 6.42. The Bertz CT molecular complexity index is 601. The molecular formula is C22H34O. The number of ketones is 1. The Balaban J connectivity index is 2.13. The van der Waals surface area contributed by atoms with E-state index >= 15 is 0 Å². The highest BCUT2D eigenvalue weighted by molar-refractivity contribution is 5.97. The first-order valence-corrected chi connectivity index (χ1v) is 9.08. The molecule has 0 aromatic heterocycles. The van der Waals surface area contributed by atoms with Crippen LogP contribution in [0.2, 0.25) is 0 Å². The molecule has 0 fully saturated rings. The number of rotatable bonds is 3. The van der Waals surface area contributed by atoms with Crippen molar-refractivity contribution in [3.63, 3.8) is 0 Å². The predicted molar refractivity (Wildman–Crippen MR) is 99.4 cm³/mol. The highest BCUT2D eigenvalue weighted by Crippen LogP contribution is 2.45. The molecule has 128 valence electrons. The third-order valence-electron chi connectivity index (χ3n) is 6.64. The van der Waals surface area contributed by atoms with E-state index in [4.69, 9.17) is 0 Å². The second-order valence-electron chi connectivity index (χ2n) is 8.88. The highest BCUT2D eigenvalue weighted by atomic mass is 16.1. The molecule has 1 heteroatoms. The van der Waals surface area contributed by atoms with Gasteiger partial charge in [0.2, 0.25) is 0 Å². The normalized spacial score (nSPS) is 33.5. The van der Waals surface area contributed by atoms with E-state index in [9.17, 15) is 4.79 Å². The fraction of sp³-hybridized carbons (Fsp3) is 0.682. The maximum absolute atomic E-state index is 12.3. The molecule has 0 heterocycles. The zero-order valence-corrected chi connectivity index (χ0v) is 16.2. The molecule has 0 aromatic carbocycles. The smallest absolute Gasteiger partial charge is 0.159 e. The van der Waals surface area contributed by atoms with Crippen LogP contribution in [-0.2, 0) is 4.79 Å². The van der Waals surface area contributed by atoms with Crippen molar-refractivity contribution < 1.29 is 4.79 Å². The molecule has 0 saturated heterocycles. The van der Waals surface area contributed by atoms with Crippen molar-refractivity contribution in [1.29, 1.82) is 0 Å². The molecule has 2 aliphatic carbocycles. The average molecular weight is 315 g/mol. The molecule has 0 saturated carbocycles. The van der Waals surface area contributed by atoms with E-state index in [0.29, 0.717) is 17.6 Å². The van der Waals surface area contributed by atoms with Gasteiger partial charge in [-0.3, -0.25) is 4.79 Å². The zero-order valence-electron chi connectivity index (χ0n) is 16.2. The molecule has 2 atom stereocenters. The van der Waals surface area contributed by atoms with E-state index in [1.54, 1.807) is 11.1 Å². The second-order valence-corrected chi connectivity index (χ2v) is 8.88. The van der Waals surface area contributed by atoms with Crippen LogP contribution in [0.1, 0.15) is 87.0 Å². The van der Waals surface area contributed by atoms with Crippen molar-refractivity contribution in [2.45, 2.75) is 87.0 Å². The Morgan fingerprint density at radius 3 is 2.22 bits per heavy atom. The molecule has 2 aliphatic rings. The Kier molecular flexibility index (Phi) is 5.09. The van der Waals surface area contributed by atoms with Gasteiger partial charge in [0, 0.05) is 6.42 Å². The van der Waals surface area contributed by atoms with Gasteiger partial charge in [-0.25, -0.2) is 0 Å². The lowest BCUT2D eigenvalue weighted by Gasteiger charge is -2.37. The van der Waals surface area contributed by atoms with Crippen molar-refractivity contribution in [1.82, 2.24) is 0 Å². The largest absolute Gasteiger partial charge is 0.295 e. The van der Waals surface area contributed by atoms with Gasteiger partial charge in [0.05, 0.1) is 0 Å². The molecule has 23 heavy (non-hydrogen) atoms. The number of carbonyl (C=O) groups excluding carboxylic acids is 1. The topological polar surface area (TPSA) is 17.1 Å². The molecule has 1 nitrogen and oxygen atoms in total. The molecule has 0 N–H and O–H groups in total. The minimum atomic E-state index is 0.0203. The molecule has 0 bridgehead atoms. The third-order valence-corrected chi connectivity index (χ3v) is 6.64. The SMILES string of the molecule is CC1=C(C)CC(C)(C/C=C(/C)C2(C)CC(=O)C(C)=C(C)C2)CC1. The quantitative estimate of drug-likeness (QED) is 0.539. The number of Topliss-reactive ketones (excluding diaryl/α,β-unsaturated/α-hetero) is 1. The fourth-order valence-electron chi connectivity index (χ4n) is 4.19. The summed E-state index contributed by atoms with van der Waals surface area (Å²) in [5.74, 6) is 0.335. The molecule has 0 aliphatic heterocycles. The van der Waals surface area contributed by atoms with Crippen LogP contribution in [0, 0.1) is 10.8 Å². The lowest BCUT2D eigenvalue weighted by molar-refractivity contribution is -0.117. The molecule has 2 rings (SSSR count). The van der Waals surface area contributed by atoms with Crippen LogP contribution in [0.3, 0.4) is 0 Å². The van der Waals surface area contributed by atoms with Crippen molar-refractivity contribution in [2.75, 3.05) is 0 Å². The van der Waals surface area contributed by atoms with Crippen LogP contribution in [-0.4, -0.2) is 5.78 Å². The van der Waals surface area contributed by atoms with Gasteiger partial charge < -0.3 is 0 Å². The summed E-state index contributed by atoms with van der Waals surface area (Å²) >= 11 is 0. The number of hydrogen-bond acceptors (Lipinski definition) is 1. The molecule has 0 aromatic rings. The number of hydrogen-bond donors (Lipinski definition) is 0. The summed E-state index contributed by atoms with van der Waals surface area (Å²) in [5, 5.41) is 0. The van der Waals surface area contributed by atoms with Crippen LogP contribution in [0.4, 0.5) is 0 Å². The van der Waals surface area contributed by atoms with Gasteiger partial charge in [-0.2, -0.15) is 0 Å². The first-order chi connectivity index (χ1) is 10.6. The monoisotopic (exact) mass is 314 g/mol. The number of carbonyl (C=O) groups is 1. The highest BCUT2D eigenvalue weighted by Gasteiger charge is 2.35. The summed E-state index contributed by atoms with van der Waals surface area (Å²) < 4.78 is 0. The number of allylic oxidation sites excluding steroid dienone is 6. The van der Waals surface area contributed by atoms with Crippen LogP contribution >= 0.6 is 0 Å². The summed E-state index contributed by atoms with van der Waals surface area (Å²) in [6.45, 7) is 15.6. The molecule has 0 spiro atoms. The molecule has 2 unspecified atom stereocenters. The first-order valence-electron chi connectivity index (χ1n) is 9.08. The standard InChI is InChI=1S/C22H34O/c1-15-8-10-21(6,12-16(15)2)11-9-18(4)22(7)13-17(3)19(5)20(23)14-22/h9H,8,10-14H2,1-7H3/b18-9-. The van der Waals surface area contributed by atoms with Gasteiger partial charge >= 0.3 is 0 Å². The van der Waals surface area contributed by atoms with Crippen LogP contribution < -0.4 is 0 Å². The summed E-state index contributed by atoms with van der Waals surface area (Å²) in [5.41, 5.74) is 7.25. The summed E-state index contributed by atoms with van der Waals surface area (Å²) in [6.07, 6.45) is 9.02. The minimum absolute atomic E-state index is 0.0203. The van der Waals surface area contributed by atoms with Gasteiger partial charge in [-0.15, -0.1) is 0 Å². The maximum Gasteiger partial charge on any atom is 0.159 e. The van der Waals surface area contributed by atoms with Crippen LogP contribution in [0.25, 0.3) is 0 Å². The average Bonchev–Trinajstić information content (AvgIpc) is 2.46. The molecular weight excluding hydrogens is 280 g/mol. The van der Waals surface area contributed by atoms with E-state index < -0.39 is 0 Å². The van der Waals surface area contributed by atoms with E-state index in [2.05, 4.69) is 47.6 Å². The molecule has 0 radical (unpaired) electrons. The van der Waals surface area contributed by atoms with Crippen LogP contribution in [0.5, 0.6) is 0 Å². The predicted octanol–water partition coefficient (Wildman–Crippen LogP) is 6.56. The Hall–Kier alpha value is -1.11. The van der Waals surface area contributed by atoms with E-state index in [1.165, 1.54) is 30.4 Å². The van der Waals surface area contributed by atoms with Gasteiger partial charge in [0.25, 0.3) is 0 Å². The minimum Gasteiger partial charge on any atom is -0.295 e. The van der Waals surface area contributed by atoms with E-state index in [1.807, 2.05) is 6.92 Å². The summed E-state index contributed by atoms with van der Waals surface area (Å²) in [6, 6.07) is 0. The van der Waals surface area contributed by atoms with Crippen molar-refractivity contribution in [3.8, 4) is 0 Å². The van der Waals surface area contributed by atoms with E-state index in [-0.39, 0.29) is 5.41 Å². The van der Waals surface area contributed by atoms with Gasteiger partial charge in [0.15, 0.2) is 5.78 Å². The summed E-state index contributed by atoms with van der Waals surface area (Å²) in [4.78, 5) is 12.3. The lowest BCUT2D eigenvalue weighted by atomic mass is 9.67. The Labute approximate surface area is 142 Å². The van der Waals surface area contributed by atoms with Crippen LogP contribution in [0.15, 0.2) is 33.9 Å². The Morgan fingerprint density at radius 1 is 1.00 bits per heavy atom. The zero-order chi connectivity index (χ0) is 17.4. The third kappa shape index (κ3) is 3.87. The van der Waals surface area contributed by atoms with Crippen molar-refractivity contribution in [2.24, 2.45) is 10.8 Å². The van der Waals surface area contributed by atoms with E-state index in [0.717, 1.165) is 18.4 Å².